The molecule has 0 fully saturated rings. The number of rotatable bonds is 2. The largest absolute Gasteiger partial charge is 0.350 e. The van der Waals surface area contributed by atoms with Crippen LogP contribution in [0.4, 0.5) is 9.59 Å². The SMILES string of the molecule is NC(=O)N/N=C(NO)\C(=N/NC(N)=O)NO. The summed E-state index contributed by atoms with van der Waals surface area (Å²) in [6.45, 7) is 0. The lowest BCUT2D eigenvalue weighted by molar-refractivity contribution is 0.221. The minimum absolute atomic E-state index is 0.532. The summed E-state index contributed by atoms with van der Waals surface area (Å²) in [5.41, 5.74) is 15.7. The van der Waals surface area contributed by atoms with Crippen LogP contribution in [0.1, 0.15) is 0 Å². The highest BCUT2D eigenvalue weighted by atomic mass is 16.5. The Bertz CT molecular complexity index is 292. The monoisotopic (exact) mass is 234 g/mol. The molecule has 0 unspecified atom stereocenters. The lowest BCUT2D eigenvalue weighted by Crippen LogP contribution is -2.42. The van der Waals surface area contributed by atoms with Gasteiger partial charge >= 0.3 is 12.1 Å². The number of urea groups is 2. The lowest BCUT2D eigenvalue weighted by Gasteiger charge is -2.06. The number of nitrogens with two attached hydrogens (primary N) is 2. The molecule has 0 rings (SSSR count). The first-order valence-corrected chi connectivity index (χ1v) is 3.58. The van der Waals surface area contributed by atoms with Crippen LogP contribution in [0, 0.1) is 0 Å². The molecule has 4 amide bonds. The summed E-state index contributed by atoms with van der Waals surface area (Å²) in [5.74, 6) is -1.06. The fourth-order valence-electron chi connectivity index (χ4n) is 0.484. The van der Waals surface area contributed by atoms with Gasteiger partial charge in [-0.15, -0.1) is 10.2 Å². The Kier molecular flexibility index (Phi) is 5.69. The molecule has 0 aromatic carbocycles. The van der Waals surface area contributed by atoms with Crippen molar-refractivity contribution in [2.24, 2.45) is 21.7 Å². The zero-order valence-corrected chi connectivity index (χ0v) is 7.76. The van der Waals surface area contributed by atoms with Crippen LogP contribution >= 0.6 is 0 Å². The first-order valence-electron chi connectivity index (χ1n) is 3.58. The van der Waals surface area contributed by atoms with E-state index >= 15 is 0 Å². The number of hydrazone groups is 2. The molecule has 0 saturated heterocycles. The highest BCUT2D eigenvalue weighted by molar-refractivity contribution is 6.39. The van der Waals surface area contributed by atoms with Gasteiger partial charge in [-0.25, -0.2) is 31.4 Å². The molecular formula is C4H10N8O4. The quantitative estimate of drug-likeness (QED) is 0.141. The molecule has 0 aliphatic carbocycles. The zero-order valence-electron chi connectivity index (χ0n) is 7.76. The maximum absolute atomic E-state index is 10.3. The number of carbonyl (C=O) groups excluding carboxylic acids is 2. The fraction of sp³-hybridized carbons (Fsp3) is 0. The van der Waals surface area contributed by atoms with Crippen LogP contribution in [0.3, 0.4) is 0 Å². The Balaban J connectivity index is 4.74. The summed E-state index contributed by atoms with van der Waals surface area (Å²) in [5, 5.41) is 23.5. The summed E-state index contributed by atoms with van der Waals surface area (Å²) < 4.78 is 0. The van der Waals surface area contributed by atoms with Crippen LogP contribution in [0.2, 0.25) is 0 Å². The van der Waals surface area contributed by atoms with Crippen LogP contribution in [0.5, 0.6) is 0 Å². The number of amidine groups is 2. The van der Waals surface area contributed by atoms with E-state index in [1.165, 1.54) is 11.0 Å². The average Bonchev–Trinajstić information content (AvgIpc) is 2.22. The number of primary amides is 2. The smallest absolute Gasteiger partial charge is 0.332 e. The predicted molar refractivity (Wildman–Crippen MR) is 50.2 cm³/mol. The van der Waals surface area contributed by atoms with Gasteiger partial charge in [0.1, 0.15) is 0 Å². The van der Waals surface area contributed by atoms with Crippen molar-refractivity contribution < 1.29 is 20.0 Å². The second-order valence-corrected chi connectivity index (χ2v) is 2.10. The molecule has 0 saturated carbocycles. The van der Waals surface area contributed by atoms with Gasteiger partial charge in [-0.05, 0) is 0 Å². The summed E-state index contributed by atoms with van der Waals surface area (Å²) in [6, 6.07) is -2.04. The molecule has 0 aliphatic heterocycles. The van der Waals surface area contributed by atoms with Crippen LogP contribution < -0.4 is 33.3 Å². The third-order valence-corrected chi connectivity index (χ3v) is 0.992. The van der Waals surface area contributed by atoms with Gasteiger partial charge in [0.15, 0.2) is 0 Å². The van der Waals surface area contributed by atoms with Crippen molar-refractivity contribution >= 4 is 23.7 Å². The van der Waals surface area contributed by atoms with Gasteiger partial charge in [0.2, 0.25) is 11.7 Å². The number of amides is 4. The molecule has 0 atom stereocenters. The second-order valence-electron chi connectivity index (χ2n) is 2.10. The molecule has 10 N–H and O–H groups in total. The molecule has 90 valence electrons. The van der Waals surface area contributed by atoms with Gasteiger partial charge in [0, 0.05) is 0 Å². The molecule has 16 heavy (non-hydrogen) atoms. The summed E-state index contributed by atoms with van der Waals surface area (Å²) in [4.78, 5) is 20.6. The fourth-order valence-corrected chi connectivity index (χ4v) is 0.484. The van der Waals surface area contributed by atoms with Crippen molar-refractivity contribution in [2.45, 2.75) is 0 Å². The van der Waals surface area contributed by atoms with Crippen LogP contribution in [0.25, 0.3) is 0 Å². The van der Waals surface area contributed by atoms with Crippen molar-refractivity contribution in [1.82, 2.24) is 21.8 Å². The lowest BCUT2D eigenvalue weighted by atomic mass is 10.5. The highest BCUT2D eigenvalue weighted by Crippen LogP contribution is 1.76. The summed E-state index contributed by atoms with van der Waals surface area (Å²) in [6.07, 6.45) is 0. The number of carbonyl (C=O) groups is 2. The van der Waals surface area contributed by atoms with E-state index in [1.807, 2.05) is 0 Å². The molecule has 0 aromatic heterocycles. The normalized spacial score (nSPS) is 11.6. The second kappa shape index (κ2) is 6.80. The van der Waals surface area contributed by atoms with Crippen LogP contribution in [-0.4, -0.2) is 34.1 Å². The Morgan fingerprint density at radius 1 is 0.875 bits per heavy atom. The van der Waals surface area contributed by atoms with E-state index in [0.29, 0.717) is 0 Å². The van der Waals surface area contributed by atoms with Crippen molar-refractivity contribution in [2.75, 3.05) is 0 Å². The highest BCUT2D eigenvalue weighted by Gasteiger charge is 2.08. The van der Waals surface area contributed by atoms with Crippen molar-refractivity contribution in [3.63, 3.8) is 0 Å². The van der Waals surface area contributed by atoms with E-state index in [2.05, 4.69) is 21.7 Å². The van der Waals surface area contributed by atoms with E-state index in [9.17, 15) is 9.59 Å². The van der Waals surface area contributed by atoms with Crippen molar-refractivity contribution in [3.05, 3.63) is 0 Å². The van der Waals surface area contributed by atoms with Crippen LogP contribution in [-0.2, 0) is 0 Å². The Labute approximate surface area is 88.3 Å². The van der Waals surface area contributed by atoms with E-state index < -0.39 is 23.7 Å². The number of hydrogen-bond acceptors (Lipinski definition) is 6. The van der Waals surface area contributed by atoms with E-state index in [-0.39, 0.29) is 0 Å². The summed E-state index contributed by atoms with van der Waals surface area (Å²) >= 11 is 0. The molecule has 12 nitrogen and oxygen atoms in total. The van der Waals surface area contributed by atoms with Gasteiger partial charge in [-0.2, -0.15) is 0 Å². The molecule has 0 aliphatic rings. The molecule has 12 heteroatoms. The number of nitrogens with zero attached hydrogens (tertiary/aromatic N) is 2. The van der Waals surface area contributed by atoms with Crippen molar-refractivity contribution in [3.8, 4) is 0 Å². The number of hydrogen-bond donors (Lipinski definition) is 8. The molecule has 0 radical (unpaired) electrons. The van der Waals surface area contributed by atoms with Gasteiger partial charge < -0.3 is 11.5 Å². The van der Waals surface area contributed by atoms with E-state index in [4.69, 9.17) is 10.4 Å². The van der Waals surface area contributed by atoms with E-state index in [0.717, 1.165) is 0 Å². The third-order valence-electron chi connectivity index (χ3n) is 0.992. The minimum atomic E-state index is -1.02. The molecule has 0 spiro atoms. The van der Waals surface area contributed by atoms with Gasteiger partial charge in [-0.3, -0.25) is 10.4 Å². The number of hydroxylamine groups is 2. The standard InChI is InChI=1S/C4H10N8O4/c5-3(13)9-7-1(11-15)2(12-16)8-10-4(6)14/h15-16H,(H,7,11)(H,8,12)(H3,5,9,13)(H3,6,10,14). The first kappa shape index (κ1) is 13.4. The van der Waals surface area contributed by atoms with Gasteiger partial charge in [-0.1, -0.05) is 0 Å². The minimum Gasteiger partial charge on any atom is -0.350 e. The maximum atomic E-state index is 10.3. The first-order chi connectivity index (χ1) is 7.51. The van der Waals surface area contributed by atoms with E-state index in [1.54, 1.807) is 10.9 Å². The average molecular weight is 234 g/mol. The Morgan fingerprint density at radius 3 is 1.38 bits per heavy atom. The molecule has 0 aromatic rings. The maximum Gasteiger partial charge on any atom is 0.332 e. The summed E-state index contributed by atoms with van der Waals surface area (Å²) in [7, 11) is 0. The third kappa shape index (κ3) is 5.20. The van der Waals surface area contributed by atoms with Crippen LogP contribution in [0.15, 0.2) is 10.2 Å². The molecular weight excluding hydrogens is 224 g/mol. The van der Waals surface area contributed by atoms with Gasteiger partial charge in [0.25, 0.3) is 0 Å². The number of nitrogens with one attached hydrogen (secondary N) is 4. The predicted octanol–water partition coefficient (Wildman–Crippen LogP) is -3.09. The van der Waals surface area contributed by atoms with Gasteiger partial charge in [0.05, 0.1) is 0 Å². The topological polar surface area (TPSA) is 199 Å². The Morgan fingerprint density at radius 2 is 1.19 bits per heavy atom. The zero-order chi connectivity index (χ0) is 12.6. The molecule has 0 bridgehead atoms. The Hall–Kier alpha value is -2.60. The molecule has 0 heterocycles. The van der Waals surface area contributed by atoms with Crippen molar-refractivity contribution in [1.29, 1.82) is 0 Å².